The Morgan fingerprint density at radius 2 is 1.76 bits per heavy atom. The maximum absolute atomic E-state index is 5.80. The van der Waals surface area contributed by atoms with E-state index in [1.54, 1.807) is 25.6 Å². The smallest absolute Gasteiger partial charge is 0.173 e. The minimum Gasteiger partial charge on any atom is -0.497 e. The summed E-state index contributed by atoms with van der Waals surface area (Å²) in [5.41, 5.74) is 2.28. The van der Waals surface area contributed by atoms with Crippen molar-refractivity contribution >= 4 is 17.0 Å². The Morgan fingerprint density at radius 3 is 2.47 bits per heavy atom. The first-order chi connectivity index (χ1) is 16.8. The van der Waals surface area contributed by atoms with Gasteiger partial charge in [0.15, 0.2) is 5.82 Å². The maximum atomic E-state index is 5.80. The number of ether oxygens (including phenoxy) is 2. The van der Waals surface area contributed by atoms with Gasteiger partial charge < -0.3 is 14.4 Å². The second-order valence-electron chi connectivity index (χ2n) is 8.14. The van der Waals surface area contributed by atoms with E-state index < -0.39 is 0 Å². The summed E-state index contributed by atoms with van der Waals surface area (Å²) in [5, 5.41) is 15.0. The van der Waals surface area contributed by atoms with Crippen molar-refractivity contribution in [3.05, 3.63) is 82.3 Å². The zero-order chi connectivity index (χ0) is 23.3. The normalized spacial score (nSPS) is 15.3. The van der Waals surface area contributed by atoms with Gasteiger partial charge in [-0.25, -0.2) is 4.68 Å². The van der Waals surface area contributed by atoms with Gasteiger partial charge in [0, 0.05) is 48.4 Å². The van der Waals surface area contributed by atoms with Gasteiger partial charge in [-0.15, -0.1) is 16.4 Å². The van der Waals surface area contributed by atoms with Crippen LogP contribution in [0.3, 0.4) is 0 Å². The molecule has 1 saturated heterocycles. The van der Waals surface area contributed by atoms with Gasteiger partial charge in [-0.3, -0.25) is 4.90 Å². The molecule has 1 atom stereocenters. The van der Waals surface area contributed by atoms with Gasteiger partial charge in [0.05, 0.1) is 20.8 Å². The number of aromatic nitrogens is 4. The fourth-order valence-corrected chi connectivity index (χ4v) is 5.18. The third-order valence-electron chi connectivity index (χ3n) is 6.23. The molecule has 0 spiro atoms. The zero-order valence-electron chi connectivity index (χ0n) is 19.4. The number of hydrogen-bond donors (Lipinski definition) is 0. The number of para-hydroxylation sites is 1. The Labute approximate surface area is 203 Å². The predicted molar refractivity (Wildman–Crippen MR) is 133 cm³/mol. The van der Waals surface area contributed by atoms with Crippen LogP contribution in [0.15, 0.2) is 66.0 Å². The summed E-state index contributed by atoms with van der Waals surface area (Å²) in [6.07, 6.45) is 0. The summed E-state index contributed by atoms with van der Waals surface area (Å²) in [4.78, 5) is 6.08. The summed E-state index contributed by atoms with van der Waals surface area (Å²) in [6.45, 7) is 4.23. The molecule has 1 aliphatic heterocycles. The van der Waals surface area contributed by atoms with Crippen LogP contribution in [-0.4, -0.2) is 65.5 Å². The molecule has 3 heterocycles. The quantitative estimate of drug-likeness (QED) is 0.384. The van der Waals surface area contributed by atoms with E-state index in [0.29, 0.717) is 6.54 Å². The molecule has 0 aliphatic carbocycles. The first-order valence-corrected chi connectivity index (χ1v) is 12.2. The average Bonchev–Trinajstić information content (AvgIpc) is 3.58. The van der Waals surface area contributed by atoms with Gasteiger partial charge in [0.2, 0.25) is 0 Å². The van der Waals surface area contributed by atoms with Crippen molar-refractivity contribution in [3.63, 3.8) is 0 Å². The van der Waals surface area contributed by atoms with Crippen LogP contribution in [0.2, 0.25) is 0 Å². The zero-order valence-corrected chi connectivity index (χ0v) is 20.2. The number of tetrazole rings is 1. The third kappa shape index (κ3) is 4.62. The molecule has 2 aromatic heterocycles. The van der Waals surface area contributed by atoms with Crippen LogP contribution in [-0.2, 0) is 6.54 Å². The summed E-state index contributed by atoms with van der Waals surface area (Å²) in [6, 6.07) is 20.5. The van der Waals surface area contributed by atoms with Crippen LogP contribution in [0, 0.1) is 0 Å². The molecule has 8 nitrogen and oxygen atoms in total. The van der Waals surface area contributed by atoms with Gasteiger partial charge >= 0.3 is 0 Å². The molecule has 34 heavy (non-hydrogen) atoms. The largest absolute Gasteiger partial charge is 0.497 e. The summed E-state index contributed by atoms with van der Waals surface area (Å²) < 4.78 is 13.1. The number of anilines is 1. The van der Waals surface area contributed by atoms with E-state index in [9.17, 15) is 0 Å². The lowest BCUT2D eigenvalue weighted by molar-refractivity contribution is 0.198. The summed E-state index contributed by atoms with van der Waals surface area (Å²) in [5.74, 6) is 2.33. The van der Waals surface area contributed by atoms with Crippen LogP contribution < -0.4 is 14.4 Å². The SMILES string of the molecule is COc1ccc(C(c2nnnn2Cc2cccs2)N2CCN(c3ccccc3)CC2)c(OC)c1. The lowest BCUT2D eigenvalue weighted by Gasteiger charge is -2.40. The highest BCUT2D eigenvalue weighted by Crippen LogP contribution is 2.37. The van der Waals surface area contributed by atoms with Crippen LogP contribution in [0.25, 0.3) is 0 Å². The molecule has 0 N–H and O–H groups in total. The highest BCUT2D eigenvalue weighted by Gasteiger charge is 2.33. The highest BCUT2D eigenvalue weighted by atomic mass is 32.1. The van der Waals surface area contributed by atoms with E-state index in [-0.39, 0.29) is 6.04 Å². The molecule has 1 unspecified atom stereocenters. The van der Waals surface area contributed by atoms with E-state index in [1.807, 2.05) is 16.8 Å². The summed E-state index contributed by atoms with van der Waals surface area (Å²) >= 11 is 1.71. The lowest BCUT2D eigenvalue weighted by atomic mass is 10.0. The first-order valence-electron chi connectivity index (χ1n) is 11.3. The molecular formula is C25H28N6O2S. The molecule has 0 amide bonds. The number of piperazine rings is 1. The Hall–Kier alpha value is -3.43. The Balaban J connectivity index is 1.49. The highest BCUT2D eigenvalue weighted by molar-refractivity contribution is 7.09. The number of nitrogens with zero attached hydrogens (tertiary/aromatic N) is 6. The summed E-state index contributed by atoms with van der Waals surface area (Å²) in [7, 11) is 3.35. The molecular weight excluding hydrogens is 448 g/mol. The molecule has 2 aromatic carbocycles. The maximum Gasteiger partial charge on any atom is 0.173 e. The van der Waals surface area contributed by atoms with E-state index in [1.165, 1.54) is 10.6 Å². The van der Waals surface area contributed by atoms with Gasteiger partial charge in [-0.05, 0) is 46.1 Å². The number of methoxy groups -OCH3 is 2. The lowest BCUT2D eigenvalue weighted by Crippen LogP contribution is -2.48. The Bertz CT molecular complexity index is 1190. The number of hydrogen-bond acceptors (Lipinski definition) is 8. The monoisotopic (exact) mass is 476 g/mol. The van der Waals surface area contributed by atoms with Gasteiger partial charge in [0.25, 0.3) is 0 Å². The average molecular weight is 477 g/mol. The van der Waals surface area contributed by atoms with E-state index in [4.69, 9.17) is 9.47 Å². The Morgan fingerprint density at radius 1 is 0.941 bits per heavy atom. The molecule has 0 saturated carbocycles. The van der Waals surface area contributed by atoms with Gasteiger partial charge in [-0.1, -0.05) is 24.3 Å². The van der Waals surface area contributed by atoms with Crippen LogP contribution >= 0.6 is 11.3 Å². The minimum absolute atomic E-state index is 0.145. The second kappa shape index (κ2) is 10.2. The first kappa shape index (κ1) is 22.4. The molecule has 0 bridgehead atoms. The van der Waals surface area contributed by atoms with Crippen LogP contribution in [0.4, 0.5) is 5.69 Å². The molecule has 176 valence electrons. The van der Waals surface area contributed by atoms with E-state index >= 15 is 0 Å². The predicted octanol–water partition coefficient (Wildman–Crippen LogP) is 3.71. The van der Waals surface area contributed by atoms with E-state index in [2.05, 4.69) is 79.2 Å². The number of rotatable bonds is 8. The van der Waals surface area contributed by atoms with Crippen molar-refractivity contribution in [2.24, 2.45) is 0 Å². The molecule has 9 heteroatoms. The molecule has 1 fully saturated rings. The number of thiophene rings is 1. The van der Waals surface area contributed by atoms with Crippen molar-refractivity contribution in [1.82, 2.24) is 25.1 Å². The third-order valence-corrected chi connectivity index (χ3v) is 7.09. The molecule has 1 aliphatic rings. The van der Waals surface area contributed by atoms with Crippen molar-refractivity contribution in [2.75, 3.05) is 45.3 Å². The standard InChI is InChI=1S/C25H28N6O2S/c1-32-20-10-11-22(23(17-20)33-2)24(25-26-27-28-31(25)18-21-9-6-16-34-21)30-14-12-29(13-15-30)19-7-4-3-5-8-19/h3-11,16-17,24H,12-15,18H2,1-2H3. The second-order valence-corrected chi connectivity index (χ2v) is 9.18. The van der Waals surface area contributed by atoms with Crippen molar-refractivity contribution in [2.45, 2.75) is 12.6 Å². The topological polar surface area (TPSA) is 68.5 Å². The van der Waals surface area contributed by atoms with Gasteiger partial charge in [-0.2, -0.15) is 0 Å². The molecule has 0 radical (unpaired) electrons. The van der Waals surface area contributed by atoms with Crippen LogP contribution in [0.5, 0.6) is 11.5 Å². The minimum atomic E-state index is -0.145. The van der Waals surface area contributed by atoms with E-state index in [0.717, 1.165) is 49.1 Å². The van der Waals surface area contributed by atoms with Gasteiger partial charge in [0.1, 0.15) is 17.5 Å². The van der Waals surface area contributed by atoms with Crippen molar-refractivity contribution in [1.29, 1.82) is 0 Å². The number of benzene rings is 2. The fourth-order valence-electron chi connectivity index (χ4n) is 4.49. The van der Waals surface area contributed by atoms with Crippen LogP contribution in [0.1, 0.15) is 22.3 Å². The Kier molecular flexibility index (Phi) is 6.73. The molecule has 5 rings (SSSR count). The molecule has 4 aromatic rings. The fraction of sp³-hybridized carbons (Fsp3) is 0.320. The van der Waals surface area contributed by atoms with Crippen molar-refractivity contribution in [3.8, 4) is 11.5 Å². The van der Waals surface area contributed by atoms with Crippen molar-refractivity contribution < 1.29 is 9.47 Å².